The van der Waals surface area contributed by atoms with Crippen LogP contribution in [0.25, 0.3) is 0 Å². The van der Waals surface area contributed by atoms with Gasteiger partial charge >= 0.3 is 12.1 Å². The number of carbonyl (C=O) groups is 3. The summed E-state index contributed by atoms with van der Waals surface area (Å²) < 4.78 is 4.86. The minimum atomic E-state index is -0.988. The number of rotatable bonds is 5. The molecule has 2 rings (SSSR count). The van der Waals surface area contributed by atoms with Crippen LogP contribution in [0.15, 0.2) is 24.3 Å². The van der Waals surface area contributed by atoms with E-state index in [0.29, 0.717) is 12.8 Å². The summed E-state index contributed by atoms with van der Waals surface area (Å²) in [7, 11) is 0. The summed E-state index contributed by atoms with van der Waals surface area (Å²) in [6.45, 7) is 8.53. The third-order valence-corrected chi connectivity index (χ3v) is 5.06. The summed E-state index contributed by atoms with van der Waals surface area (Å²) in [5.74, 6) is -1.03. The first-order valence-electron chi connectivity index (χ1n) is 9.41. The molecule has 2 unspecified atom stereocenters. The zero-order valence-electron chi connectivity index (χ0n) is 16.5. The first-order chi connectivity index (χ1) is 12.6. The summed E-state index contributed by atoms with van der Waals surface area (Å²) in [5, 5.41) is 9.61. The first kappa shape index (κ1) is 20.9. The number of carboxylic acid groups (broad SMARTS) is 1. The molecule has 2 atom stereocenters. The molecule has 1 N–H and O–H groups in total. The second kappa shape index (κ2) is 8.55. The molecule has 1 aliphatic rings. The monoisotopic (exact) mass is 375 g/mol. The Balaban J connectivity index is 2.24. The standard InChI is InChI=1S/C21H29NO5/c1-5-27-19(24)13-18(23)15-9-10-22(20(25)26)17(12-15)14-7-6-8-16(11-14)21(2,3)4/h6-8,11,15,17H,5,9-10,12-13H2,1-4H3,(H,25,26). The van der Waals surface area contributed by atoms with E-state index in [1.54, 1.807) is 6.92 Å². The maximum atomic E-state index is 12.5. The highest BCUT2D eigenvalue weighted by atomic mass is 16.5. The third kappa shape index (κ3) is 5.31. The van der Waals surface area contributed by atoms with Gasteiger partial charge in [0.1, 0.15) is 12.2 Å². The lowest BCUT2D eigenvalue weighted by atomic mass is 9.81. The molecule has 0 aromatic heterocycles. The highest BCUT2D eigenvalue weighted by Crippen LogP contribution is 2.36. The molecule has 0 radical (unpaired) electrons. The van der Waals surface area contributed by atoms with E-state index in [1.165, 1.54) is 4.90 Å². The Bertz CT molecular complexity index is 707. The van der Waals surface area contributed by atoms with E-state index < -0.39 is 18.1 Å². The fourth-order valence-corrected chi connectivity index (χ4v) is 3.51. The largest absolute Gasteiger partial charge is 0.466 e. The number of hydrogen-bond acceptors (Lipinski definition) is 4. The highest BCUT2D eigenvalue weighted by Gasteiger charge is 2.36. The van der Waals surface area contributed by atoms with Crippen molar-refractivity contribution in [3.8, 4) is 0 Å². The highest BCUT2D eigenvalue weighted by molar-refractivity contribution is 5.96. The van der Waals surface area contributed by atoms with Crippen LogP contribution in [0.5, 0.6) is 0 Å². The Morgan fingerprint density at radius 3 is 2.56 bits per heavy atom. The topological polar surface area (TPSA) is 83.9 Å². The van der Waals surface area contributed by atoms with Crippen LogP contribution in [0.2, 0.25) is 0 Å². The van der Waals surface area contributed by atoms with Crippen molar-refractivity contribution in [2.45, 2.75) is 58.4 Å². The SMILES string of the molecule is CCOC(=O)CC(=O)C1CCN(C(=O)O)C(c2cccc(C(C)(C)C)c2)C1. The lowest BCUT2D eigenvalue weighted by molar-refractivity contribution is -0.146. The van der Waals surface area contributed by atoms with Gasteiger partial charge in [0.05, 0.1) is 12.6 Å². The van der Waals surface area contributed by atoms with Crippen LogP contribution in [0.1, 0.15) is 64.1 Å². The smallest absolute Gasteiger partial charge is 0.407 e. The number of Topliss-reactive ketones (excluding diaryl/α,β-unsaturated/α-hetero) is 1. The van der Waals surface area contributed by atoms with Crippen LogP contribution in [-0.2, 0) is 19.7 Å². The van der Waals surface area contributed by atoms with Crippen molar-refractivity contribution in [2.75, 3.05) is 13.2 Å². The molecule has 0 saturated carbocycles. The minimum absolute atomic E-state index is 0.0577. The van der Waals surface area contributed by atoms with Gasteiger partial charge in [0.2, 0.25) is 0 Å². The number of hydrogen-bond donors (Lipinski definition) is 1. The van der Waals surface area contributed by atoms with Crippen molar-refractivity contribution in [1.82, 2.24) is 4.90 Å². The molecule has 0 aliphatic carbocycles. The van der Waals surface area contributed by atoms with E-state index >= 15 is 0 Å². The molecule has 6 heteroatoms. The molecule has 1 aliphatic heterocycles. The molecule has 1 aromatic carbocycles. The summed E-state index contributed by atoms with van der Waals surface area (Å²) >= 11 is 0. The maximum absolute atomic E-state index is 12.5. The van der Waals surface area contributed by atoms with Crippen LogP contribution in [0, 0.1) is 5.92 Å². The van der Waals surface area contributed by atoms with E-state index in [-0.39, 0.29) is 36.7 Å². The van der Waals surface area contributed by atoms with E-state index in [1.807, 2.05) is 24.3 Å². The van der Waals surface area contributed by atoms with Crippen molar-refractivity contribution in [2.24, 2.45) is 5.92 Å². The average Bonchev–Trinajstić information content (AvgIpc) is 2.60. The average molecular weight is 375 g/mol. The normalized spacial score (nSPS) is 20.2. The maximum Gasteiger partial charge on any atom is 0.407 e. The molecule has 0 spiro atoms. The van der Waals surface area contributed by atoms with Gasteiger partial charge in [0.15, 0.2) is 0 Å². The van der Waals surface area contributed by atoms with E-state index in [2.05, 4.69) is 20.8 Å². The quantitative estimate of drug-likeness (QED) is 0.622. The Labute approximate surface area is 160 Å². The van der Waals surface area contributed by atoms with Crippen LogP contribution in [-0.4, -0.2) is 41.0 Å². The predicted octanol–water partition coefficient (Wildman–Crippen LogP) is 3.94. The lowest BCUT2D eigenvalue weighted by Crippen LogP contribution is -2.42. The molecule has 6 nitrogen and oxygen atoms in total. The summed E-state index contributed by atoms with van der Waals surface area (Å²) in [4.78, 5) is 37.2. The molecule has 1 saturated heterocycles. The number of nitrogens with zero attached hydrogens (tertiary/aromatic N) is 1. The van der Waals surface area contributed by atoms with Crippen molar-refractivity contribution >= 4 is 17.8 Å². The van der Waals surface area contributed by atoms with Gasteiger partial charge in [-0.25, -0.2) is 4.79 Å². The Hall–Kier alpha value is -2.37. The number of ether oxygens (including phenoxy) is 1. The van der Waals surface area contributed by atoms with Gasteiger partial charge in [-0.1, -0.05) is 45.0 Å². The number of esters is 1. The van der Waals surface area contributed by atoms with E-state index in [4.69, 9.17) is 4.74 Å². The number of ketones is 1. The van der Waals surface area contributed by atoms with Gasteiger partial charge in [-0.15, -0.1) is 0 Å². The molecule has 0 bridgehead atoms. The molecule has 1 aromatic rings. The fraction of sp³-hybridized carbons (Fsp3) is 0.571. The molecular formula is C21H29NO5. The Morgan fingerprint density at radius 1 is 1.26 bits per heavy atom. The Morgan fingerprint density at radius 2 is 1.96 bits per heavy atom. The molecule has 1 amide bonds. The molecule has 148 valence electrons. The van der Waals surface area contributed by atoms with Gasteiger partial charge in [-0.05, 0) is 36.3 Å². The molecule has 1 fully saturated rings. The summed E-state index contributed by atoms with van der Waals surface area (Å²) in [6.07, 6.45) is -0.421. The van der Waals surface area contributed by atoms with Crippen molar-refractivity contribution in [3.63, 3.8) is 0 Å². The molecule has 1 heterocycles. The van der Waals surface area contributed by atoms with Crippen LogP contribution >= 0.6 is 0 Å². The second-order valence-corrected chi connectivity index (χ2v) is 8.04. The number of carbonyl (C=O) groups excluding carboxylic acids is 2. The lowest BCUT2D eigenvalue weighted by Gasteiger charge is -2.38. The number of benzene rings is 1. The van der Waals surface area contributed by atoms with Gasteiger partial charge < -0.3 is 14.7 Å². The number of piperidine rings is 1. The van der Waals surface area contributed by atoms with Crippen LogP contribution in [0.3, 0.4) is 0 Å². The second-order valence-electron chi connectivity index (χ2n) is 8.04. The predicted molar refractivity (Wildman–Crippen MR) is 102 cm³/mol. The molecule has 27 heavy (non-hydrogen) atoms. The zero-order chi connectivity index (χ0) is 20.2. The Kier molecular flexibility index (Phi) is 6.63. The third-order valence-electron chi connectivity index (χ3n) is 5.06. The first-order valence-corrected chi connectivity index (χ1v) is 9.41. The van der Waals surface area contributed by atoms with E-state index in [9.17, 15) is 19.5 Å². The van der Waals surface area contributed by atoms with Gasteiger partial charge in [0, 0.05) is 12.5 Å². The number of amides is 1. The summed E-state index contributed by atoms with van der Waals surface area (Å²) in [6, 6.07) is 7.50. The molecular weight excluding hydrogens is 346 g/mol. The van der Waals surface area contributed by atoms with Gasteiger partial charge in [-0.2, -0.15) is 0 Å². The van der Waals surface area contributed by atoms with Gasteiger partial charge in [-0.3, -0.25) is 9.59 Å². The van der Waals surface area contributed by atoms with E-state index in [0.717, 1.165) is 11.1 Å². The van der Waals surface area contributed by atoms with Crippen molar-refractivity contribution in [3.05, 3.63) is 35.4 Å². The van der Waals surface area contributed by atoms with Gasteiger partial charge in [0.25, 0.3) is 0 Å². The van der Waals surface area contributed by atoms with Crippen LogP contribution in [0.4, 0.5) is 4.79 Å². The fourth-order valence-electron chi connectivity index (χ4n) is 3.51. The summed E-state index contributed by atoms with van der Waals surface area (Å²) in [5.41, 5.74) is 1.95. The van der Waals surface area contributed by atoms with Crippen molar-refractivity contribution in [1.29, 1.82) is 0 Å². The van der Waals surface area contributed by atoms with Crippen LogP contribution < -0.4 is 0 Å². The van der Waals surface area contributed by atoms with Crippen molar-refractivity contribution < 1.29 is 24.2 Å². The number of likely N-dealkylation sites (tertiary alicyclic amines) is 1. The minimum Gasteiger partial charge on any atom is -0.466 e. The zero-order valence-corrected chi connectivity index (χ0v) is 16.5.